The number of aromatic hydroxyl groups is 2. The van der Waals surface area contributed by atoms with E-state index >= 15 is 0 Å². The number of aliphatic hydroxyl groups is 1. The van der Waals surface area contributed by atoms with Crippen LogP contribution >= 0.6 is 0 Å². The maximum Gasteiger partial charge on any atom is 0.126 e. The van der Waals surface area contributed by atoms with Crippen LogP contribution in [-0.4, -0.2) is 20.9 Å². The Kier molecular flexibility index (Phi) is 3.53. The second-order valence-electron chi connectivity index (χ2n) is 4.97. The molecular formula is C14H20O3. The number of phenols is 2. The molecule has 0 saturated carbocycles. The van der Waals surface area contributed by atoms with E-state index in [0.717, 1.165) is 0 Å². The highest BCUT2D eigenvalue weighted by molar-refractivity contribution is 5.68. The average Bonchev–Trinajstić information content (AvgIpc) is 2.22. The first-order valence-corrected chi connectivity index (χ1v) is 5.58. The molecule has 0 saturated heterocycles. The van der Waals surface area contributed by atoms with E-state index < -0.39 is 5.60 Å². The van der Waals surface area contributed by atoms with E-state index in [2.05, 4.69) is 0 Å². The quantitative estimate of drug-likeness (QED) is 0.692. The predicted molar refractivity (Wildman–Crippen MR) is 69.3 cm³/mol. The number of phenolic OH excluding ortho intramolecular Hbond substituents is 2. The van der Waals surface area contributed by atoms with Crippen LogP contribution in [0.25, 0.3) is 6.08 Å². The summed E-state index contributed by atoms with van der Waals surface area (Å²) in [6.45, 7) is 8.56. The van der Waals surface area contributed by atoms with Crippen LogP contribution in [0.5, 0.6) is 11.5 Å². The van der Waals surface area contributed by atoms with Crippen molar-refractivity contribution >= 4 is 6.08 Å². The van der Waals surface area contributed by atoms with Gasteiger partial charge < -0.3 is 15.3 Å². The SMILES string of the molecule is Cc1c(C)c(O)c(/C=C\C(C)(C)O)c(C)c1O. The van der Waals surface area contributed by atoms with Crippen LogP contribution in [0.3, 0.4) is 0 Å². The number of hydrogen-bond donors (Lipinski definition) is 3. The van der Waals surface area contributed by atoms with Gasteiger partial charge in [-0.2, -0.15) is 0 Å². The summed E-state index contributed by atoms with van der Waals surface area (Å²) >= 11 is 0. The molecule has 3 N–H and O–H groups in total. The van der Waals surface area contributed by atoms with Crippen molar-refractivity contribution in [2.45, 2.75) is 40.2 Å². The van der Waals surface area contributed by atoms with Gasteiger partial charge in [-0.25, -0.2) is 0 Å². The zero-order valence-corrected chi connectivity index (χ0v) is 11.0. The molecule has 0 amide bonds. The third-order valence-corrected chi connectivity index (χ3v) is 2.95. The number of benzene rings is 1. The van der Waals surface area contributed by atoms with Gasteiger partial charge in [-0.15, -0.1) is 0 Å². The van der Waals surface area contributed by atoms with Crippen molar-refractivity contribution < 1.29 is 15.3 Å². The molecule has 0 aliphatic carbocycles. The van der Waals surface area contributed by atoms with Gasteiger partial charge in [0.1, 0.15) is 11.5 Å². The van der Waals surface area contributed by atoms with Crippen molar-refractivity contribution in [1.29, 1.82) is 0 Å². The summed E-state index contributed by atoms with van der Waals surface area (Å²) in [6, 6.07) is 0. The van der Waals surface area contributed by atoms with Crippen LogP contribution in [0.15, 0.2) is 6.08 Å². The van der Waals surface area contributed by atoms with Gasteiger partial charge in [-0.1, -0.05) is 12.2 Å². The van der Waals surface area contributed by atoms with Crippen LogP contribution in [0, 0.1) is 20.8 Å². The molecular weight excluding hydrogens is 216 g/mol. The van der Waals surface area contributed by atoms with Gasteiger partial charge in [0.2, 0.25) is 0 Å². The zero-order valence-electron chi connectivity index (χ0n) is 11.0. The Balaban J connectivity index is 3.40. The lowest BCUT2D eigenvalue weighted by atomic mass is 9.96. The summed E-state index contributed by atoms with van der Waals surface area (Å²) < 4.78 is 0. The predicted octanol–water partition coefficient (Wildman–Crippen LogP) is 2.81. The third-order valence-electron chi connectivity index (χ3n) is 2.95. The largest absolute Gasteiger partial charge is 0.507 e. The lowest BCUT2D eigenvalue weighted by molar-refractivity contribution is 0.134. The summed E-state index contributed by atoms with van der Waals surface area (Å²) in [4.78, 5) is 0. The topological polar surface area (TPSA) is 60.7 Å². The van der Waals surface area contributed by atoms with Crippen molar-refractivity contribution in [2.75, 3.05) is 0 Å². The highest BCUT2D eigenvalue weighted by Crippen LogP contribution is 2.37. The van der Waals surface area contributed by atoms with Gasteiger partial charge in [0.05, 0.1) is 5.60 Å². The Hall–Kier alpha value is -1.48. The minimum Gasteiger partial charge on any atom is -0.507 e. The van der Waals surface area contributed by atoms with Crippen LogP contribution in [0.1, 0.15) is 36.1 Å². The Morgan fingerprint density at radius 1 is 0.882 bits per heavy atom. The van der Waals surface area contributed by atoms with Crippen molar-refractivity contribution in [1.82, 2.24) is 0 Å². The molecule has 0 unspecified atom stereocenters. The van der Waals surface area contributed by atoms with Gasteiger partial charge in [-0.3, -0.25) is 0 Å². The molecule has 3 heteroatoms. The van der Waals surface area contributed by atoms with E-state index in [9.17, 15) is 15.3 Å². The fourth-order valence-electron chi connectivity index (χ4n) is 1.63. The van der Waals surface area contributed by atoms with Crippen LogP contribution in [0.2, 0.25) is 0 Å². The normalized spacial score (nSPS) is 12.4. The maximum atomic E-state index is 10.0. The van der Waals surface area contributed by atoms with E-state index in [1.807, 2.05) is 0 Å². The molecule has 1 aromatic rings. The molecule has 1 aromatic carbocycles. The lowest BCUT2D eigenvalue weighted by Crippen LogP contribution is -2.13. The lowest BCUT2D eigenvalue weighted by Gasteiger charge is -2.15. The molecule has 0 aromatic heterocycles. The number of rotatable bonds is 2. The summed E-state index contributed by atoms with van der Waals surface area (Å²) in [5.41, 5.74) is 1.55. The molecule has 0 radical (unpaired) electrons. The molecule has 0 atom stereocenters. The molecule has 0 spiro atoms. The molecule has 1 rings (SSSR count). The first-order valence-electron chi connectivity index (χ1n) is 5.58. The summed E-state index contributed by atoms with van der Waals surface area (Å²) in [5, 5.41) is 29.6. The smallest absolute Gasteiger partial charge is 0.126 e. The highest BCUT2D eigenvalue weighted by atomic mass is 16.3. The second kappa shape index (κ2) is 4.41. The van der Waals surface area contributed by atoms with E-state index in [1.54, 1.807) is 46.8 Å². The first kappa shape index (κ1) is 13.6. The highest BCUT2D eigenvalue weighted by Gasteiger charge is 2.15. The second-order valence-corrected chi connectivity index (χ2v) is 4.97. The minimum absolute atomic E-state index is 0.151. The van der Waals surface area contributed by atoms with Gasteiger partial charge in [-0.05, 0) is 45.7 Å². The molecule has 0 bridgehead atoms. The van der Waals surface area contributed by atoms with Crippen LogP contribution in [0.4, 0.5) is 0 Å². The van der Waals surface area contributed by atoms with Crippen LogP contribution in [-0.2, 0) is 0 Å². The van der Waals surface area contributed by atoms with Gasteiger partial charge >= 0.3 is 0 Å². The van der Waals surface area contributed by atoms with Crippen molar-refractivity contribution in [2.24, 2.45) is 0 Å². The Morgan fingerprint density at radius 2 is 1.35 bits per heavy atom. The maximum absolute atomic E-state index is 10.0. The summed E-state index contributed by atoms with van der Waals surface area (Å²) in [6.07, 6.45) is 3.22. The standard InChI is InChI=1S/C14H20O3/c1-8-9(2)13(16)11(10(3)12(8)15)6-7-14(4,5)17/h6-7,15-17H,1-5H3/b7-6-. The summed E-state index contributed by atoms with van der Waals surface area (Å²) in [5.74, 6) is 0.342. The Bertz CT molecular complexity index is 436. The molecule has 0 aliphatic heterocycles. The third kappa shape index (κ3) is 2.80. The Labute approximate surface area is 102 Å². The van der Waals surface area contributed by atoms with E-state index in [1.165, 1.54) is 0 Å². The van der Waals surface area contributed by atoms with Crippen LogP contribution < -0.4 is 0 Å². The minimum atomic E-state index is -0.951. The van der Waals surface area contributed by atoms with Gasteiger partial charge in [0.25, 0.3) is 0 Å². The fraction of sp³-hybridized carbons (Fsp3) is 0.429. The van der Waals surface area contributed by atoms with Crippen molar-refractivity contribution in [3.8, 4) is 11.5 Å². The zero-order chi connectivity index (χ0) is 13.4. The van der Waals surface area contributed by atoms with Crippen molar-refractivity contribution in [3.63, 3.8) is 0 Å². The molecule has 0 aliphatic rings. The molecule has 94 valence electrons. The number of hydrogen-bond acceptors (Lipinski definition) is 3. The fourth-order valence-corrected chi connectivity index (χ4v) is 1.63. The summed E-state index contributed by atoms with van der Waals surface area (Å²) in [7, 11) is 0. The molecule has 0 heterocycles. The molecule has 17 heavy (non-hydrogen) atoms. The molecule has 3 nitrogen and oxygen atoms in total. The molecule has 0 fully saturated rings. The Morgan fingerprint density at radius 3 is 1.82 bits per heavy atom. The van der Waals surface area contributed by atoms with Gasteiger partial charge in [0.15, 0.2) is 0 Å². The average molecular weight is 236 g/mol. The first-order chi connectivity index (χ1) is 7.65. The van der Waals surface area contributed by atoms with Gasteiger partial charge in [0, 0.05) is 11.1 Å². The van der Waals surface area contributed by atoms with E-state index in [4.69, 9.17) is 0 Å². The van der Waals surface area contributed by atoms with E-state index in [-0.39, 0.29) is 11.5 Å². The van der Waals surface area contributed by atoms with Crippen molar-refractivity contribution in [3.05, 3.63) is 28.3 Å². The monoisotopic (exact) mass is 236 g/mol. The van der Waals surface area contributed by atoms with E-state index in [0.29, 0.717) is 22.3 Å².